The molecule has 0 radical (unpaired) electrons. The van der Waals surface area contributed by atoms with Crippen LogP contribution in [0, 0.1) is 11.6 Å². The van der Waals surface area contributed by atoms with Gasteiger partial charge in [-0.15, -0.1) is 0 Å². The van der Waals surface area contributed by atoms with Gasteiger partial charge in [-0.3, -0.25) is 9.78 Å². The van der Waals surface area contributed by atoms with Gasteiger partial charge in [0.1, 0.15) is 0 Å². The highest BCUT2D eigenvalue weighted by Gasteiger charge is 2.28. The number of carbonyl (C=O) groups is 1. The minimum Gasteiger partial charge on any atom is -0.348 e. The van der Waals surface area contributed by atoms with E-state index in [0.717, 1.165) is 23.3 Å². The van der Waals surface area contributed by atoms with Crippen molar-refractivity contribution < 1.29 is 13.6 Å². The molecule has 2 aromatic heterocycles. The van der Waals surface area contributed by atoms with Crippen molar-refractivity contribution in [3.8, 4) is 5.69 Å². The van der Waals surface area contributed by atoms with Gasteiger partial charge < -0.3 is 15.5 Å². The number of hydrogen-bond acceptors (Lipinski definition) is 5. The lowest BCUT2D eigenvalue weighted by Gasteiger charge is -2.30. The summed E-state index contributed by atoms with van der Waals surface area (Å²) in [7, 11) is 0. The fourth-order valence-corrected chi connectivity index (χ4v) is 5.19. The van der Waals surface area contributed by atoms with Gasteiger partial charge in [0.2, 0.25) is 5.95 Å². The summed E-state index contributed by atoms with van der Waals surface area (Å²) < 4.78 is 28.6. The Morgan fingerprint density at radius 1 is 0.907 bits per heavy atom. The number of amides is 2. The van der Waals surface area contributed by atoms with Gasteiger partial charge >= 0.3 is 6.03 Å². The molecule has 0 spiro atoms. The lowest BCUT2D eigenvalue weighted by Crippen LogP contribution is -2.43. The SMILES string of the molecule is O=C(Nc1ccc(F)c(F)c1)N1CCc2nc(NC(Cc3ccncc3)c3ccccc3)n(-c3ccccc3)c(=O)c2C1. The van der Waals surface area contributed by atoms with Gasteiger partial charge in [-0.1, -0.05) is 48.5 Å². The number of anilines is 2. The molecule has 10 heteroatoms. The van der Waals surface area contributed by atoms with Crippen molar-refractivity contribution in [3.63, 3.8) is 0 Å². The summed E-state index contributed by atoms with van der Waals surface area (Å²) in [6.45, 7) is 0.311. The quantitative estimate of drug-likeness (QED) is 0.251. The molecule has 8 nitrogen and oxygen atoms in total. The molecule has 43 heavy (non-hydrogen) atoms. The third-order valence-corrected chi connectivity index (χ3v) is 7.40. The highest BCUT2D eigenvalue weighted by molar-refractivity contribution is 5.89. The van der Waals surface area contributed by atoms with Gasteiger partial charge in [-0.25, -0.2) is 23.1 Å². The van der Waals surface area contributed by atoms with Crippen LogP contribution >= 0.6 is 0 Å². The molecule has 2 N–H and O–H groups in total. The zero-order valence-electron chi connectivity index (χ0n) is 23.1. The molecule has 2 amide bonds. The van der Waals surface area contributed by atoms with Gasteiger partial charge in [0, 0.05) is 37.1 Å². The number of halogens is 2. The number of pyridine rings is 1. The summed E-state index contributed by atoms with van der Waals surface area (Å²) >= 11 is 0. The Bertz CT molecular complexity index is 1800. The Labute approximate surface area is 246 Å². The summed E-state index contributed by atoms with van der Waals surface area (Å²) in [4.78, 5) is 37.7. The molecule has 1 aliphatic rings. The van der Waals surface area contributed by atoms with Crippen LogP contribution in [0.5, 0.6) is 0 Å². The molecule has 1 aliphatic heterocycles. The maximum Gasteiger partial charge on any atom is 0.322 e. The molecule has 3 heterocycles. The molecule has 0 bridgehead atoms. The number of fused-ring (bicyclic) bond motifs is 1. The van der Waals surface area contributed by atoms with Crippen LogP contribution in [0.2, 0.25) is 0 Å². The first kappa shape index (κ1) is 27.8. The van der Waals surface area contributed by atoms with E-state index in [-0.39, 0.29) is 23.8 Å². The molecule has 1 atom stereocenters. The fourth-order valence-electron chi connectivity index (χ4n) is 5.19. The van der Waals surface area contributed by atoms with Crippen LogP contribution in [-0.4, -0.2) is 32.0 Å². The van der Waals surface area contributed by atoms with E-state index in [9.17, 15) is 18.4 Å². The molecule has 216 valence electrons. The summed E-state index contributed by atoms with van der Waals surface area (Å²) in [5.74, 6) is -1.66. The lowest BCUT2D eigenvalue weighted by molar-refractivity contribution is 0.205. The fraction of sp³-hybridized carbons (Fsp3) is 0.152. The zero-order chi connectivity index (χ0) is 29.8. The molecule has 5 aromatic rings. The number of aromatic nitrogens is 3. The topological polar surface area (TPSA) is 92.2 Å². The van der Waals surface area contributed by atoms with E-state index in [0.29, 0.717) is 42.3 Å². The standard InChI is InChI=1S/C33H28F2N6O2/c34-27-12-11-24(20-28(27)35)37-33(43)40-18-15-29-26(21-40)31(42)41(25-9-5-2-6-10-25)32(38-29)39-30(23-7-3-1-4-8-23)19-22-13-16-36-17-14-22/h1-14,16-17,20,30H,15,18-19,21H2,(H,37,43)(H,38,39). The Hall–Kier alpha value is -5.38. The smallest absolute Gasteiger partial charge is 0.322 e. The van der Waals surface area contributed by atoms with E-state index >= 15 is 0 Å². The average Bonchev–Trinajstić information content (AvgIpc) is 3.04. The second kappa shape index (κ2) is 12.2. The third kappa shape index (κ3) is 6.13. The van der Waals surface area contributed by atoms with E-state index in [2.05, 4.69) is 15.6 Å². The van der Waals surface area contributed by atoms with Gasteiger partial charge in [0.05, 0.1) is 29.5 Å². The van der Waals surface area contributed by atoms with Crippen LogP contribution in [0.15, 0.2) is 108 Å². The van der Waals surface area contributed by atoms with Gasteiger partial charge in [0.25, 0.3) is 5.56 Å². The first-order valence-electron chi connectivity index (χ1n) is 13.9. The van der Waals surface area contributed by atoms with E-state index in [1.54, 1.807) is 12.4 Å². The molecule has 0 saturated carbocycles. The van der Waals surface area contributed by atoms with Crippen molar-refractivity contribution in [1.82, 2.24) is 19.4 Å². The second-order valence-electron chi connectivity index (χ2n) is 10.2. The van der Waals surface area contributed by atoms with Crippen molar-refractivity contribution in [3.05, 3.63) is 148 Å². The van der Waals surface area contributed by atoms with E-state index in [1.807, 2.05) is 72.8 Å². The summed E-state index contributed by atoms with van der Waals surface area (Å²) in [5, 5.41) is 6.14. The van der Waals surface area contributed by atoms with Crippen LogP contribution < -0.4 is 16.2 Å². The predicted molar refractivity (Wildman–Crippen MR) is 160 cm³/mol. The molecular formula is C33H28F2N6O2. The van der Waals surface area contributed by atoms with E-state index < -0.39 is 17.7 Å². The van der Waals surface area contributed by atoms with Crippen molar-refractivity contribution in [2.24, 2.45) is 0 Å². The van der Waals surface area contributed by atoms with Crippen LogP contribution in [0.1, 0.15) is 28.4 Å². The molecule has 0 fully saturated rings. The number of nitrogens with zero attached hydrogens (tertiary/aromatic N) is 4. The molecular weight excluding hydrogens is 550 g/mol. The summed E-state index contributed by atoms with van der Waals surface area (Å²) in [5.41, 5.74) is 3.56. The molecule has 3 aromatic carbocycles. The minimum atomic E-state index is -1.06. The van der Waals surface area contributed by atoms with Gasteiger partial charge in [0.15, 0.2) is 11.6 Å². The number of nitrogens with one attached hydrogen (secondary N) is 2. The van der Waals surface area contributed by atoms with Crippen LogP contribution in [0.3, 0.4) is 0 Å². The van der Waals surface area contributed by atoms with Gasteiger partial charge in [-0.05, 0) is 53.9 Å². The third-order valence-electron chi connectivity index (χ3n) is 7.40. The van der Waals surface area contributed by atoms with Crippen molar-refractivity contribution in [2.45, 2.75) is 25.4 Å². The normalized spacial score (nSPS) is 13.2. The number of hydrogen-bond donors (Lipinski definition) is 2. The van der Waals surface area contributed by atoms with Gasteiger partial charge in [-0.2, -0.15) is 0 Å². The Balaban J connectivity index is 1.35. The van der Waals surface area contributed by atoms with Crippen molar-refractivity contribution >= 4 is 17.7 Å². The number of benzene rings is 3. The van der Waals surface area contributed by atoms with Crippen LogP contribution in [0.4, 0.5) is 25.2 Å². The average molecular weight is 579 g/mol. The zero-order valence-corrected chi connectivity index (χ0v) is 23.1. The molecule has 0 aliphatic carbocycles. The largest absolute Gasteiger partial charge is 0.348 e. The van der Waals surface area contributed by atoms with Crippen LogP contribution in [0.25, 0.3) is 5.69 Å². The lowest BCUT2D eigenvalue weighted by atomic mass is 9.99. The Morgan fingerprint density at radius 3 is 2.35 bits per heavy atom. The Morgan fingerprint density at radius 2 is 1.63 bits per heavy atom. The summed E-state index contributed by atoms with van der Waals surface area (Å²) in [6.07, 6.45) is 4.48. The van der Waals surface area contributed by atoms with Crippen molar-refractivity contribution in [2.75, 3.05) is 17.2 Å². The maximum absolute atomic E-state index is 14.1. The van der Waals surface area contributed by atoms with E-state index in [4.69, 9.17) is 4.98 Å². The maximum atomic E-state index is 14.1. The number of urea groups is 1. The second-order valence-corrected chi connectivity index (χ2v) is 10.2. The van der Waals surface area contributed by atoms with E-state index in [1.165, 1.54) is 15.5 Å². The summed E-state index contributed by atoms with van der Waals surface area (Å²) in [6, 6.07) is 25.5. The first-order chi connectivity index (χ1) is 21.0. The minimum absolute atomic E-state index is 0.0168. The highest BCUT2D eigenvalue weighted by Crippen LogP contribution is 2.26. The molecule has 6 rings (SSSR count). The Kier molecular flexibility index (Phi) is 7.90. The predicted octanol–water partition coefficient (Wildman–Crippen LogP) is 5.89. The number of carbonyl (C=O) groups excluding carboxylic acids is 1. The molecule has 0 saturated heterocycles. The number of rotatable bonds is 7. The molecule has 1 unspecified atom stereocenters. The monoisotopic (exact) mass is 578 g/mol. The number of para-hydroxylation sites is 1. The van der Waals surface area contributed by atoms with Crippen LogP contribution in [-0.2, 0) is 19.4 Å². The highest BCUT2D eigenvalue weighted by atomic mass is 19.2. The first-order valence-corrected chi connectivity index (χ1v) is 13.9. The van der Waals surface area contributed by atoms with Crippen molar-refractivity contribution in [1.29, 1.82) is 0 Å².